The normalized spacial score (nSPS) is 11.0. The van der Waals surface area contributed by atoms with Gasteiger partial charge in [0.15, 0.2) is 0 Å². The van der Waals surface area contributed by atoms with E-state index >= 15 is 0 Å². The molecular weight excluding hydrogens is 262 g/mol. The molecule has 0 fully saturated rings. The van der Waals surface area contributed by atoms with Crippen LogP contribution in [0.4, 0.5) is 0 Å². The number of nitrogens with one attached hydrogen (secondary N) is 1. The Balaban J connectivity index is 2.21. The molecule has 0 atom stereocenters. The predicted octanol–water partition coefficient (Wildman–Crippen LogP) is 3.44. The number of aromatic nitrogens is 1. The highest BCUT2D eigenvalue weighted by atomic mass is 16.3. The molecule has 0 aliphatic carbocycles. The van der Waals surface area contributed by atoms with Gasteiger partial charge in [0.1, 0.15) is 5.75 Å². The van der Waals surface area contributed by atoms with Crippen molar-refractivity contribution in [2.75, 3.05) is 0 Å². The Kier molecular flexibility index (Phi) is 3.26. The number of hydrogen-bond acceptors (Lipinski definition) is 2. The quantitative estimate of drug-likeness (QED) is 0.755. The third-order valence-corrected chi connectivity index (χ3v) is 4.01. The first kappa shape index (κ1) is 13.4. The van der Waals surface area contributed by atoms with Gasteiger partial charge in [-0.1, -0.05) is 36.4 Å². The number of fused-ring (bicyclic) bond motifs is 1. The first-order chi connectivity index (χ1) is 10.1. The Morgan fingerprint density at radius 2 is 1.76 bits per heavy atom. The van der Waals surface area contributed by atoms with E-state index in [2.05, 4.69) is 4.98 Å². The lowest BCUT2D eigenvalue weighted by molar-refractivity contribution is 0.474. The average Bonchev–Trinajstić information content (AvgIpc) is 2.49. The largest absolute Gasteiger partial charge is 0.507 e. The summed E-state index contributed by atoms with van der Waals surface area (Å²) < 4.78 is 0. The van der Waals surface area contributed by atoms with Gasteiger partial charge >= 0.3 is 0 Å². The zero-order valence-electron chi connectivity index (χ0n) is 12.1. The van der Waals surface area contributed by atoms with Crippen LogP contribution in [0.5, 0.6) is 5.75 Å². The summed E-state index contributed by atoms with van der Waals surface area (Å²) in [5.74, 6) is 0.0840. The highest BCUT2D eigenvalue weighted by Gasteiger charge is 2.14. The van der Waals surface area contributed by atoms with Crippen LogP contribution in [0.15, 0.2) is 47.3 Å². The summed E-state index contributed by atoms with van der Waals surface area (Å²) in [7, 11) is 0. The van der Waals surface area contributed by atoms with Crippen molar-refractivity contribution in [3.05, 3.63) is 75.1 Å². The van der Waals surface area contributed by atoms with E-state index in [0.29, 0.717) is 22.9 Å². The highest BCUT2D eigenvalue weighted by molar-refractivity contribution is 5.89. The number of aromatic amines is 1. The second-order valence-corrected chi connectivity index (χ2v) is 5.37. The first-order valence-corrected chi connectivity index (χ1v) is 6.96. The Hall–Kier alpha value is -2.55. The maximum absolute atomic E-state index is 12.3. The minimum absolute atomic E-state index is 0.0840. The Labute approximate surface area is 122 Å². The van der Waals surface area contributed by atoms with Crippen LogP contribution in [-0.4, -0.2) is 10.1 Å². The van der Waals surface area contributed by atoms with Crippen molar-refractivity contribution in [3.8, 4) is 5.75 Å². The van der Waals surface area contributed by atoms with Crippen LogP contribution in [0.3, 0.4) is 0 Å². The molecular formula is C18H17NO2. The fourth-order valence-electron chi connectivity index (χ4n) is 2.60. The molecule has 0 spiro atoms. The summed E-state index contributed by atoms with van der Waals surface area (Å²) in [4.78, 5) is 15.2. The van der Waals surface area contributed by atoms with E-state index in [-0.39, 0.29) is 11.3 Å². The third kappa shape index (κ3) is 2.31. The van der Waals surface area contributed by atoms with Crippen molar-refractivity contribution >= 4 is 10.9 Å². The second-order valence-electron chi connectivity index (χ2n) is 5.37. The van der Waals surface area contributed by atoms with Crippen LogP contribution in [0, 0.1) is 13.8 Å². The molecule has 0 aliphatic heterocycles. The molecule has 2 aromatic carbocycles. The monoisotopic (exact) mass is 279 g/mol. The van der Waals surface area contributed by atoms with Gasteiger partial charge in [-0.2, -0.15) is 0 Å². The summed E-state index contributed by atoms with van der Waals surface area (Å²) in [6.45, 7) is 3.94. The predicted molar refractivity (Wildman–Crippen MR) is 85.0 cm³/mol. The number of aryl methyl sites for hydroxylation is 2. The Morgan fingerprint density at radius 3 is 2.48 bits per heavy atom. The number of hydrogen-bond donors (Lipinski definition) is 2. The number of rotatable bonds is 2. The fraction of sp³-hybridized carbons (Fsp3) is 0.167. The molecule has 1 heterocycles. The number of aromatic hydroxyl groups is 1. The minimum Gasteiger partial charge on any atom is -0.507 e. The lowest BCUT2D eigenvalue weighted by atomic mass is 10.00. The van der Waals surface area contributed by atoms with Gasteiger partial charge in [0, 0.05) is 11.8 Å². The number of H-pyrrole nitrogens is 1. The van der Waals surface area contributed by atoms with Crippen LogP contribution in [0.25, 0.3) is 10.9 Å². The first-order valence-electron chi connectivity index (χ1n) is 6.96. The van der Waals surface area contributed by atoms with Gasteiger partial charge < -0.3 is 10.1 Å². The van der Waals surface area contributed by atoms with Crippen molar-refractivity contribution in [2.45, 2.75) is 20.3 Å². The molecule has 3 aromatic rings. The standard InChI is InChI=1S/C18H17NO2/c1-11-8-9-14-16(12(11)2)19-18(21)15(17(14)20)10-13-6-4-3-5-7-13/h3-9H,10H2,1-2H3,(H2,19,20,21). The molecule has 3 rings (SSSR count). The molecule has 3 heteroatoms. The highest BCUT2D eigenvalue weighted by Crippen LogP contribution is 2.29. The summed E-state index contributed by atoms with van der Waals surface area (Å²) in [5, 5.41) is 11.2. The van der Waals surface area contributed by atoms with Gasteiger partial charge in [-0.15, -0.1) is 0 Å². The van der Waals surface area contributed by atoms with Gasteiger partial charge in [0.05, 0.1) is 11.1 Å². The zero-order chi connectivity index (χ0) is 15.0. The maximum Gasteiger partial charge on any atom is 0.255 e. The molecule has 3 nitrogen and oxygen atoms in total. The lowest BCUT2D eigenvalue weighted by Crippen LogP contribution is -2.14. The molecule has 0 amide bonds. The van der Waals surface area contributed by atoms with E-state index in [1.54, 1.807) is 0 Å². The molecule has 2 N–H and O–H groups in total. The van der Waals surface area contributed by atoms with E-state index in [0.717, 1.165) is 16.7 Å². The van der Waals surface area contributed by atoms with Crippen molar-refractivity contribution < 1.29 is 5.11 Å². The lowest BCUT2D eigenvalue weighted by Gasteiger charge is -2.11. The summed E-state index contributed by atoms with van der Waals surface area (Å²) in [6, 6.07) is 13.5. The van der Waals surface area contributed by atoms with Gasteiger partial charge in [0.2, 0.25) is 0 Å². The smallest absolute Gasteiger partial charge is 0.255 e. The van der Waals surface area contributed by atoms with Gasteiger partial charge in [-0.05, 0) is 36.6 Å². The van der Waals surface area contributed by atoms with E-state index < -0.39 is 0 Å². The van der Waals surface area contributed by atoms with E-state index in [9.17, 15) is 9.90 Å². The maximum atomic E-state index is 12.3. The molecule has 0 saturated heterocycles. The summed E-state index contributed by atoms with van der Waals surface area (Å²) >= 11 is 0. The molecule has 0 bridgehead atoms. The second kappa shape index (κ2) is 5.09. The van der Waals surface area contributed by atoms with Crippen LogP contribution in [-0.2, 0) is 6.42 Å². The Morgan fingerprint density at radius 1 is 1.05 bits per heavy atom. The third-order valence-electron chi connectivity index (χ3n) is 4.01. The molecule has 0 aliphatic rings. The van der Waals surface area contributed by atoms with Gasteiger partial charge in [-0.25, -0.2) is 0 Å². The zero-order valence-corrected chi connectivity index (χ0v) is 12.1. The van der Waals surface area contributed by atoms with Crippen LogP contribution in [0.1, 0.15) is 22.3 Å². The molecule has 0 saturated carbocycles. The number of pyridine rings is 1. The summed E-state index contributed by atoms with van der Waals surface area (Å²) in [5.41, 5.74) is 3.99. The van der Waals surface area contributed by atoms with Crippen LogP contribution >= 0.6 is 0 Å². The van der Waals surface area contributed by atoms with Crippen LogP contribution in [0.2, 0.25) is 0 Å². The van der Waals surface area contributed by atoms with Crippen molar-refractivity contribution in [1.82, 2.24) is 4.98 Å². The fourth-order valence-corrected chi connectivity index (χ4v) is 2.60. The molecule has 106 valence electrons. The molecule has 0 unspecified atom stereocenters. The summed E-state index contributed by atoms with van der Waals surface area (Å²) in [6.07, 6.45) is 0.421. The topological polar surface area (TPSA) is 53.1 Å². The van der Waals surface area contributed by atoms with E-state index in [4.69, 9.17) is 0 Å². The van der Waals surface area contributed by atoms with E-state index in [1.807, 2.05) is 56.3 Å². The van der Waals surface area contributed by atoms with Crippen molar-refractivity contribution in [1.29, 1.82) is 0 Å². The van der Waals surface area contributed by atoms with Gasteiger partial charge in [-0.3, -0.25) is 4.79 Å². The van der Waals surface area contributed by atoms with Crippen LogP contribution < -0.4 is 5.56 Å². The Bertz CT molecular complexity index is 864. The molecule has 21 heavy (non-hydrogen) atoms. The van der Waals surface area contributed by atoms with Gasteiger partial charge in [0.25, 0.3) is 5.56 Å². The average molecular weight is 279 g/mol. The molecule has 1 aromatic heterocycles. The van der Waals surface area contributed by atoms with Crippen molar-refractivity contribution in [3.63, 3.8) is 0 Å². The van der Waals surface area contributed by atoms with Crippen molar-refractivity contribution in [2.24, 2.45) is 0 Å². The van der Waals surface area contributed by atoms with E-state index in [1.165, 1.54) is 0 Å². The minimum atomic E-state index is -0.224. The SMILES string of the molecule is Cc1ccc2c(O)c(Cc3ccccc3)c(=O)[nH]c2c1C. The molecule has 0 radical (unpaired) electrons. The number of benzene rings is 2.